The minimum Gasteiger partial charge on any atom is -0.360 e. The predicted molar refractivity (Wildman–Crippen MR) is 40.9 cm³/mol. The van der Waals surface area contributed by atoms with Crippen molar-refractivity contribution in [1.82, 2.24) is 4.98 Å². The van der Waals surface area contributed by atoms with Crippen molar-refractivity contribution >= 4 is 11.5 Å². The van der Waals surface area contributed by atoms with Gasteiger partial charge in [-0.1, -0.05) is 4.48 Å². The van der Waals surface area contributed by atoms with E-state index in [0.717, 1.165) is 5.69 Å². The lowest BCUT2D eigenvalue weighted by Crippen LogP contribution is -2.24. The molecule has 4 heteroatoms. The average Bonchev–Trinajstić information content (AvgIpc) is 2.30. The molecular formula is C7H8FN3. The maximum atomic E-state index is 13.0. The summed E-state index contributed by atoms with van der Waals surface area (Å²) in [6, 6.07) is 3.58. The molecule has 1 aliphatic rings. The zero-order valence-corrected chi connectivity index (χ0v) is 6.08. The van der Waals surface area contributed by atoms with Gasteiger partial charge in [0.05, 0.1) is 5.69 Å². The topological polar surface area (TPSA) is 28.2 Å². The number of nitrogens with one attached hydrogen (secondary N) is 1. The number of aromatic nitrogens is 1. The standard InChI is InChI=1S/C7H8FN3/c1-5-10-6-3-2-4-9-7(6)11(5)8/h2-5,10H,1H3. The molecular weight excluding hydrogens is 145 g/mol. The predicted octanol–water partition coefficient (Wildman–Crippen LogP) is 1.54. The molecule has 0 bridgehead atoms. The quantitative estimate of drug-likeness (QED) is 0.573. The van der Waals surface area contributed by atoms with E-state index in [-0.39, 0.29) is 6.17 Å². The van der Waals surface area contributed by atoms with Gasteiger partial charge in [0.1, 0.15) is 6.17 Å². The van der Waals surface area contributed by atoms with Gasteiger partial charge in [-0.05, 0) is 19.1 Å². The molecule has 0 spiro atoms. The first-order valence-corrected chi connectivity index (χ1v) is 3.45. The molecule has 3 nitrogen and oxygen atoms in total. The van der Waals surface area contributed by atoms with E-state index in [2.05, 4.69) is 10.3 Å². The third-order valence-electron chi connectivity index (χ3n) is 1.69. The summed E-state index contributed by atoms with van der Waals surface area (Å²) >= 11 is 0. The Labute approximate surface area is 63.8 Å². The fraction of sp³-hybridized carbons (Fsp3) is 0.286. The molecule has 0 saturated carbocycles. The van der Waals surface area contributed by atoms with Crippen LogP contribution >= 0.6 is 0 Å². The van der Waals surface area contributed by atoms with Gasteiger partial charge in [-0.3, -0.25) is 0 Å². The Balaban J connectivity index is 2.47. The van der Waals surface area contributed by atoms with Crippen LogP contribution in [0.3, 0.4) is 0 Å². The fourth-order valence-corrected chi connectivity index (χ4v) is 1.15. The summed E-state index contributed by atoms with van der Waals surface area (Å²) in [5.74, 6) is 0.375. The number of anilines is 2. The molecule has 1 aromatic heterocycles. The van der Waals surface area contributed by atoms with E-state index in [1.165, 1.54) is 0 Å². The Kier molecular flexibility index (Phi) is 1.21. The molecule has 2 heterocycles. The molecule has 1 aromatic rings. The summed E-state index contributed by atoms with van der Waals surface area (Å²) < 4.78 is 13.0. The molecule has 1 atom stereocenters. The molecule has 0 aromatic carbocycles. The van der Waals surface area contributed by atoms with Crippen LogP contribution in [0.4, 0.5) is 16.0 Å². The number of halogens is 1. The second-order valence-corrected chi connectivity index (χ2v) is 2.51. The van der Waals surface area contributed by atoms with Crippen molar-refractivity contribution in [3.8, 4) is 0 Å². The Morgan fingerprint density at radius 1 is 1.73 bits per heavy atom. The molecule has 11 heavy (non-hydrogen) atoms. The van der Waals surface area contributed by atoms with Gasteiger partial charge in [-0.15, -0.1) is 0 Å². The van der Waals surface area contributed by atoms with E-state index < -0.39 is 0 Å². The Morgan fingerprint density at radius 3 is 3.27 bits per heavy atom. The van der Waals surface area contributed by atoms with Gasteiger partial charge in [0, 0.05) is 6.20 Å². The van der Waals surface area contributed by atoms with Crippen LogP contribution in [-0.2, 0) is 0 Å². The summed E-state index contributed by atoms with van der Waals surface area (Å²) in [5, 5.41) is 3.56. The lowest BCUT2D eigenvalue weighted by molar-refractivity contribution is 0.405. The van der Waals surface area contributed by atoms with Crippen molar-refractivity contribution in [2.24, 2.45) is 0 Å². The Morgan fingerprint density at radius 2 is 2.55 bits per heavy atom. The molecule has 1 unspecified atom stereocenters. The van der Waals surface area contributed by atoms with E-state index in [4.69, 9.17) is 0 Å². The van der Waals surface area contributed by atoms with Crippen LogP contribution in [0.5, 0.6) is 0 Å². The fourth-order valence-electron chi connectivity index (χ4n) is 1.15. The summed E-state index contributed by atoms with van der Waals surface area (Å²) in [6.45, 7) is 1.74. The highest BCUT2D eigenvalue weighted by Crippen LogP contribution is 2.31. The summed E-state index contributed by atoms with van der Waals surface area (Å²) in [7, 11) is 0. The van der Waals surface area contributed by atoms with Crippen LogP contribution in [0.1, 0.15) is 6.92 Å². The number of rotatable bonds is 0. The van der Waals surface area contributed by atoms with Crippen molar-refractivity contribution in [2.45, 2.75) is 13.1 Å². The number of pyridine rings is 1. The van der Waals surface area contributed by atoms with E-state index in [1.807, 2.05) is 0 Å². The first-order valence-electron chi connectivity index (χ1n) is 3.45. The molecule has 0 saturated heterocycles. The molecule has 2 rings (SSSR count). The second-order valence-electron chi connectivity index (χ2n) is 2.51. The van der Waals surface area contributed by atoms with Crippen molar-refractivity contribution in [3.63, 3.8) is 0 Å². The molecule has 1 N–H and O–H groups in total. The zero-order chi connectivity index (χ0) is 7.84. The van der Waals surface area contributed by atoms with Crippen LogP contribution in [-0.4, -0.2) is 11.1 Å². The molecule has 58 valence electrons. The molecule has 0 amide bonds. The molecule has 0 fully saturated rings. The minimum absolute atomic E-state index is 0.306. The largest absolute Gasteiger partial charge is 0.360 e. The van der Waals surface area contributed by atoms with Gasteiger partial charge in [0.25, 0.3) is 0 Å². The number of hydrogen-bond donors (Lipinski definition) is 1. The lowest BCUT2D eigenvalue weighted by Gasteiger charge is -2.09. The van der Waals surface area contributed by atoms with Gasteiger partial charge in [-0.25, -0.2) is 4.98 Å². The summed E-state index contributed by atoms with van der Waals surface area (Å²) in [4.78, 5) is 3.88. The van der Waals surface area contributed by atoms with Gasteiger partial charge >= 0.3 is 0 Å². The first kappa shape index (κ1) is 6.39. The van der Waals surface area contributed by atoms with Gasteiger partial charge in [-0.2, -0.15) is 5.12 Å². The van der Waals surface area contributed by atoms with Crippen molar-refractivity contribution < 1.29 is 4.48 Å². The highest BCUT2D eigenvalue weighted by atomic mass is 19.2. The highest BCUT2D eigenvalue weighted by molar-refractivity contribution is 5.69. The molecule has 1 aliphatic heterocycles. The van der Waals surface area contributed by atoms with Gasteiger partial charge in [0.15, 0.2) is 5.82 Å². The third kappa shape index (κ3) is 0.824. The summed E-state index contributed by atoms with van der Waals surface area (Å²) in [6.07, 6.45) is 1.27. The summed E-state index contributed by atoms with van der Waals surface area (Å²) in [5.41, 5.74) is 0.752. The Hall–Kier alpha value is -1.32. The number of fused-ring (bicyclic) bond motifs is 1. The van der Waals surface area contributed by atoms with Crippen LogP contribution in [0.25, 0.3) is 0 Å². The second kappa shape index (κ2) is 2.08. The van der Waals surface area contributed by atoms with Crippen LogP contribution < -0.4 is 10.4 Å². The number of nitrogens with zero attached hydrogens (tertiary/aromatic N) is 2. The first-order chi connectivity index (χ1) is 5.29. The lowest BCUT2D eigenvalue weighted by atomic mass is 10.4. The normalized spacial score (nSPS) is 21.3. The van der Waals surface area contributed by atoms with Gasteiger partial charge < -0.3 is 5.32 Å². The molecule has 0 aliphatic carbocycles. The zero-order valence-electron chi connectivity index (χ0n) is 6.08. The maximum absolute atomic E-state index is 13.0. The van der Waals surface area contributed by atoms with E-state index in [9.17, 15) is 4.48 Å². The van der Waals surface area contributed by atoms with E-state index in [0.29, 0.717) is 10.9 Å². The minimum atomic E-state index is -0.306. The monoisotopic (exact) mass is 153 g/mol. The smallest absolute Gasteiger partial charge is 0.183 e. The van der Waals surface area contributed by atoms with Crippen LogP contribution in [0, 0.1) is 0 Å². The van der Waals surface area contributed by atoms with Crippen molar-refractivity contribution in [2.75, 3.05) is 10.4 Å². The maximum Gasteiger partial charge on any atom is 0.183 e. The Bertz CT molecular complexity index is 276. The van der Waals surface area contributed by atoms with Crippen molar-refractivity contribution in [1.29, 1.82) is 0 Å². The van der Waals surface area contributed by atoms with E-state index in [1.54, 1.807) is 25.3 Å². The van der Waals surface area contributed by atoms with E-state index >= 15 is 0 Å². The van der Waals surface area contributed by atoms with Crippen molar-refractivity contribution in [3.05, 3.63) is 18.3 Å². The number of hydrogen-bond acceptors (Lipinski definition) is 3. The van der Waals surface area contributed by atoms with Crippen LogP contribution in [0.15, 0.2) is 18.3 Å². The SMILES string of the molecule is CC1Nc2cccnc2N1F. The third-order valence-corrected chi connectivity index (χ3v) is 1.69. The average molecular weight is 153 g/mol. The van der Waals surface area contributed by atoms with Gasteiger partial charge in [0.2, 0.25) is 0 Å². The van der Waals surface area contributed by atoms with Crippen LogP contribution in [0.2, 0.25) is 0 Å². The highest BCUT2D eigenvalue weighted by Gasteiger charge is 2.25. The molecule has 0 radical (unpaired) electrons.